The van der Waals surface area contributed by atoms with E-state index < -0.39 is 0 Å². The van der Waals surface area contributed by atoms with Gasteiger partial charge in [0.1, 0.15) is 0 Å². The number of hydrogen-bond acceptors (Lipinski definition) is 8. The van der Waals surface area contributed by atoms with E-state index in [1.165, 1.54) is 13.2 Å². The van der Waals surface area contributed by atoms with E-state index in [1.807, 2.05) is 0 Å². The molecule has 2 rings (SSSR count). The average molecular weight is 247 g/mol. The van der Waals surface area contributed by atoms with E-state index >= 15 is 0 Å². The molecular formula is C10H9N5O3. The van der Waals surface area contributed by atoms with Crippen LogP contribution in [0.2, 0.25) is 0 Å². The van der Waals surface area contributed by atoms with Crippen molar-refractivity contribution in [1.82, 2.24) is 19.9 Å². The van der Waals surface area contributed by atoms with Gasteiger partial charge >= 0.3 is 6.47 Å². The molecule has 1 N–H and O–H groups in total. The Bertz CT molecular complexity index is 534. The van der Waals surface area contributed by atoms with Crippen LogP contribution >= 0.6 is 0 Å². The molecule has 0 aromatic carbocycles. The lowest BCUT2D eigenvalue weighted by Crippen LogP contribution is -2.04. The minimum atomic E-state index is 0.243. The molecule has 0 radical (unpaired) electrons. The molecular weight excluding hydrogens is 238 g/mol. The van der Waals surface area contributed by atoms with Gasteiger partial charge in [-0.05, 0) is 6.07 Å². The predicted molar refractivity (Wildman–Crippen MR) is 60.4 cm³/mol. The zero-order valence-electron chi connectivity index (χ0n) is 9.40. The number of aromatic nitrogens is 4. The molecule has 0 unspecified atom stereocenters. The maximum absolute atomic E-state index is 10.1. The van der Waals surface area contributed by atoms with Crippen molar-refractivity contribution < 1.29 is 14.4 Å². The molecule has 0 saturated carbocycles. The summed E-state index contributed by atoms with van der Waals surface area (Å²) < 4.78 is 5.01. The van der Waals surface area contributed by atoms with Crippen LogP contribution in [0.3, 0.4) is 0 Å². The quantitative estimate of drug-likeness (QED) is 0.600. The van der Waals surface area contributed by atoms with Crippen LogP contribution in [0.5, 0.6) is 5.88 Å². The van der Waals surface area contributed by atoms with Crippen molar-refractivity contribution in [1.29, 1.82) is 0 Å². The van der Waals surface area contributed by atoms with E-state index in [4.69, 9.17) is 4.74 Å². The lowest BCUT2D eigenvalue weighted by Gasteiger charge is -2.06. The Morgan fingerprint density at radius 1 is 1.22 bits per heavy atom. The molecule has 18 heavy (non-hydrogen) atoms. The van der Waals surface area contributed by atoms with E-state index in [9.17, 15) is 4.79 Å². The fourth-order valence-electron chi connectivity index (χ4n) is 1.18. The Morgan fingerprint density at radius 2 is 2.00 bits per heavy atom. The molecule has 0 saturated heterocycles. The highest BCUT2D eigenvalue weighted by molar-refractivity contribution is 5.50. The number of methoxy groups -OCH3 is 1. The first kappa shape index (κ1) is 11.7. The van der Waals surface area contributed by atoms with E-state index in [0.29, 0.717) is 11.7 Å². The summed E-state index contributed by atoms with van der Waals surface area (Å²) in [5.41, 5.74) is 2.32. The molecule has 0 spiro atoms. The normalized spacial score (nSPS) is 9.61. The minimum absolute atomic E-state index is 0.243. The van der Waals surface area contributed by atoms with Crippen molar-refractivity contribution in [3.63, 3.8) is 0 Å². The maximum Gasteiger partial charge on any atom is 0.320 e. The van der Waals surface area contributed by atoms with Crippen LogP contribution in [0, 0.1) is 0 Å². The average Bonchev–Trinajstić information content (AvgIpc) is 2.45. The summed E-state index contributed by atoms with van der Waals surface area (Å²) in [5.74, 6) is 1.15. The Morgan fingerprint density at radius 3 is 2.67 bits per heavy atom. The SMILES string of the molecule is COc1cc(NOC=O)nc(-c2ncccn2)n1. The lowest BCUT2D eigenvalue weighted by atomic mass is 10.4. The van der Waals surface area contributed by atoms with Gasteiger partial charge in [0.15, 0.2) is 11.6 Å². The van der Waals surface area contributed by atoms with Crippen molar-refractivity contribution in [2.45, 2.75) is 0 Å². The van der Waals surface area contributed by atoms with Crippen molar-refractivity contribution in [3.8, 4) is 17.5 Å². The molecule has 0 atom stereocenters. The van der Waals surface area contributed by atoms with Gasteiger partial charge in [-0.2, -0.15) is 4.98 Å². The predicted octanol–water partition coefficient (Wildman–Crippen LogP) is 0.442. The van der Waals surface area contributed by atoms with Gasteiger partial charge in [0, 0.05) is 18.5 Å². The first-order valence-electron chi connectivity index (χ1n) is 4.89. The Balaban J connectivity index is 2.37. The second kappa shape index (κ2) is 5.53. The standard InChI is InChI=1S/C10H9N5O3/c1-17-8-5-7(15-18-6-16)13-10(14-8)9-11-3-2-4-12-9/h2-6H,1H3,(H,13,14,15). The van der Waals surface area contributed by atoms with Crippen LogP contribution in [-0.2, 0) is 9.63 Å². The highest BCUT2D eigenvalue weighted by Gasteiger charge is 2.09. The van der Waals surface area contributed by atoms with Crippen LogP contribution in [0.15, 0.2) is 24.5 Å². The molecule has 0 fully saturated rings. The van der Waals surface area contributed by atoms with Gasteiger partial charge < -0.3 is 9.57 Å². The molecule has 8 heteroatoms. The summed E-state index contributed by atoms with van der Waals surface area (Å²) in [6, 6.07) is 3.15. The van der Waals surface area contributed by atoms with Crippen molar-refractivity contribution in [3.05, 3.63) is 24.5 Å². The van der Waals surface area contributed by atoms with Crippen LogP contribution in [0.4, 0.5) is 5.82 Å². The van der Waals surface area contributed by atoms with Crippen molar-refractivity contribution >= 4 is 12.3 Å². The number of ether oxygens (including phenoxy) is 1. The van der Waals surface area contributed by atoms with Gasteiger partial charge in [-0.1, -0.05) is 0 Å². The smallest absolute Gasteiger partial charge is 0.320 e. The molecule has 8 nitrogen and oxygen atoms in total. The number of hydrogen-bond donors (Lipinski definition) is 1. The topological polar surface area (TPSA) is 99.1 Å². The van der Waals surface area contributed by atoms with E-state index in [-0.39, 0.29) is 18.1 Å². The van der Waals surface area contributed by atoms with Crippen molar-refractivity contribution in [2.24, 2.45) is 0 Å². The summed E-state index contributed by atoms with van der Waals surface area (Å²) in [6.45, 7) is 0.243. The number of rotatable bonds is 5. The van der Waals surface area contributed by atoms with Gasteiger partial charge in [-0.25, -0.2) is 20.4 Å². The fourth-order valence-corrected chi connectivity index (χ4v) is 1.18. The molecule has 0 aliphatic carbocycles. The maximum atomic E-state index is 10.1. The Kier molecular flexibility index (Phi) is 3.59. The fraction of sp³-hybridized carbons (Fsp3) is 0.100. The highest BCUT2D eigenvalue weighted by Crippen LogP contribution is 2.18. The second-order valence-electron chi connectivity index (χ2n) is 3.01. The first-order valence-corrected chi connectivity index (χ1v) is 4.89. The number of nitrogens with zero attached hydrogens (tertiary/aromatic N) is 4. The molecule has 0 aliphatic heterocycles. The van der Waals surface area contributed by atoms with Crippen LogP contribution in [0.1, 0.15) is 0 Å². The summed E-state index contributed by atoms with van der Waals surface area (Å²) in [6.07, 6.45) is 3.14. The summed E-state index contributed by atoms with van der Waals surface area (Å²) in [4.78, 5) is 30.7. The highest BCUT2D eigenvalue weighted by atomic mass is 16.7. The monoisotopic (exact) mass is 247 g/mol. The number of nitrogens with one attached hydrogen (secondary N) is 1. The third-order valence-corrected chi connectivity index (χ3v) is 1.89. The molecule has 0 bridgehead atoms. The lowest BCUT2D eigenvalue weighted by molar-refractivity contribution is -0.126. The summed E-state index contributed by atoms with van der Waals surface area (Å²) in [7, 11) is 1.46. The first-order chi connectivity index (χ1) is 8.83. The zero-order valence-corrected chi connectivity index (χ0v) is 9.40. The third-order valence-electron chi connectivity index (χ3n) is 1.89. The third kappa shape index (κ3) is 2.67. The summed E-state index contributed by atoms with van der Waals surface area (Å²) >= 11 is 0. The summed E-state index contributed by atoms with van der Waals surface area (Å²) in [5, 5.41) is 0. The Hall–Kier alpha value is -2.77. The van der Waals surface area contributed by atoms with Gasteiger partial charge in [-0.15, -0.1) is 0 Å². The van der Waals surface area contributed by atoms with Crippen LogP contribution < -0.4 is 10.2 Å². The molecule has 2 heterocycles. The van der Waals surface area contributed by atoms with E-state index in [0.717, 1.165) is 0 Å². The Labute approximate surface area is 102 Å². The largest absolute Gasteiger partial charge is 0.481 e. The van der Waals surface area contributed by atoms with Crippen molar-refractivity contribution in [2.75, 3.05) is 12.6 Å². The van der Waals surface area contributed by atoms with E-state index in [1.54, 1.807) is 18.5 Å². The molecule has 0 aliphatic rings. The second-order valence-corrected chi connectivity index (χ2v) is 3.01. The number of carbonyl (C=O) groups is 1. The number of anilines is 1. The van der Waals surface area contributed by atoms with Gasteiger partial charge in [-0.3, -0.25) is 4.79 Å². The minimum Gasteiger partial charge on any atom is -0.481 e. The molecule has 2 aromatic rings. The molecule has 92 valence electrons. The van der Waals surface area contributed by atoms with Crippen LogP contribution in [-0.4, -0.2) is 33.5 Å². The molecule has 0 amide bonds. The molecule has 2 aromatic heterocycles. The van der Waals surface area contributed by atoms with Crippen LogP contribution in [0.25, 0.3) is 11.6 Å². The van der Waals surface area contributed by atoms with Gasteiger partial charge in [0.2, 0.25) is 11.7 Å². The van der Waals surface area contributed by atoms with Gasteiger partial charge in [0.25, 0.3) is 0 Å². The number of carbonyl (C=O) groups excluding carboxylic acids is 1. The van der Waals surface area contributed by atoms with E-state index in [2.05, 4.69) is 30.3 Å². The zero-order chi connectivity index (χ0) is 12.8. The van der Waals surface area contributed by atoms with Gasteiger partial charge in [0.05, 0.1) is 7.11 Å².